The number of anilines is 1. The molecule has 4 nitrogen and oxygen atoms in total. The highest BCUT2D eigenvalue weighted by Gasteiger charge is 2.12. The van der Waals surface area contributed by atoms with E-state index in [0.717, 1.165) is 0 Å². The van der Waals surface area contributed by atoms with Crippen LogP contribution in [0.15, 0.2) is 18.3 Å². The minimum atomic E-state index is -0.504. The molecule has 6 heteroatoms. The van der Waals surface area contributed by atoms with Crippen LogP contribution in [0.1, 0.15) is 0 Å². The zero-order chi connectivity index (χ0) is 10.6. The second kappa shape index (κ2) is 5.02. The fraction of sp³-hybridized carbons (Fsp3) is 0.250. The Labute approximate surface area is 92.3 Å². The predicted molar refractivity (Wildman–Crippen MR) is 62.1 cm³/mol. The van der Waals surface area contributed by atoms with Crippen molar-refractivity contribution in [3.05, 3.63) is 23.0 Å². The summed E-state index contributed by atoms with van der Waals surface area (Å²) >= 11 is 9.02. The largest absolute Gasteiger partial charge is 0.371 e. The van der Waals surface area contributed by atoms with Gasteiger partial charge in [0.2, 0.25) is 5.91 Å². The van der Waals surface area contributed by atoms with E-state index in [1.54, 1.807) is 18.3 Å². The van der Waals surface area contributed by atoms with Crippen LogP contribution in [-0.4, -0.2) is 22.7 Å². The predicted octanol–water partition coefficient (Wildman–Crippen LogP) is 0.940. The number of thiol groups is 1. The van der Waals surface area contributed by atoms with E-state index in [1.807, 2.05) is 0 Å². The molecule has 1 heterocycles. The van der Waals surface area contributed by atoms with Gasteiger partial charge in [-0.25, -0.2) is 0 Å². The molecule has 0 fully saturated rings. The van der Waals surface area contributed by atoms with Crippen LogP contribution >= 0.6 is 24.8 Å². The highest BCUT2D eigenvalue weighted by molar-refractivity contribution is 7.80. The molecule has 1 rings (SSSR count). The van der Waals surface area contributed by atoms with Gasteiger partial charge in [0.1, 0.15) is 10.7 Å². The van der Waals surface area contributed by atoms with E-state index < -0.39 is 11.9 Å². The lowest BCUT2D eigenvalue weighted by Crippen LogP contribution is -2.37. The molecule has 0 radical (unpaired) electrons. The maximum absolute atomic E-state index is 10.9. The summed E-state index contributed by atoms with van der Waals surface area (Å²) in [6.45, 7) is 0. The summed E-state index contributed by atoms with van der Waals surface area (Å²) in [6, 6.07) is 3.06. The van der Waals surface area contributed by atoms with E-state index in [2.05, 4.69) is 22.9 Å². The number of hydrogen-bond donors (Lipinski definition) is 4. The van der Waals surface area contributed by atoms with Crippen LogP contribution < -0.4 is 11.1 Å². The number of amides is 1. The second-order valence-electron chi connectivity index (χ2n) is 2.69. The number of nitrogens with two attached hydrogens (primary N) is 1. The summed E-state index contributed by atoms with van der Waals surface area (Å²) in [7, 11) is 0. The van der Waals surface area contributed by atoms with Gasteiger partial charge >= 0.3 is 0 Å². The van der Waals surface area contributed by atoms with Gasteiger partial charge in [-0.3, -0.25) is 4.79 Å². The molecular weight excluding hydrogens is 218 g/mol. The SMILES string of the molecule is NC(=O)[C@@H](CS)Nc1ccc[nH]c1=S. The third-order valence-electron chi connectivity index (χ3n) is 1.67. The lowest BCUT2D eigenvalue weighted by Gasteiger charge is -2.13. The van der Waals surface area contributed by atoms with Gasteiger partial charge in [-0.05, 0) is 12.1 Å². The summed E-state index contributed by atoms with van der Waals surface area (Å²) in [5, 5.41) is 2.91. The maximum Gasteiger partial charge on any atom is 0.240 e. The van der Waals surface area contributed by atoms with Gasteiger partial charge in [0.25, 0.3) is 0 Å². The van der Waals surface area contributed by atoms with Crippen molar-refractivity contribution in [1.29, 1.82) is 0 Å². The standard InChI is InChI=1S/C8H11N3OS2/c9-7(12)6(4-13)11-5-2-1-3-10-8(5)14/h1-3,6,11,13H,4H2,(H2,9,12)(H,10,14)/t6-/m1/s1. The first-order chi connectivity index (χ1) is 6.65. The van der Waals surface area contributed by atoms with Crippen LogP contribution in [0.4, 0.5) is 5.69 Å². The van der Waals surface area contributed by atoms with Gasteiger partial charge in [-0.15, -0.1) is 0 Å². The average molecular weight is 229 g/mol. The van der Waals surface area contributed by atoms with Crippen molar-refractivity contribution >= 4 is 36.4 Å². The van der Waals surface area contributed by atoms with Crippen molar-refractivity contribution in [3.8, 4) is 0 Å². The van der Waals surface area contributed by atoms with Gasteiger partial charge in [-0.2, -0.15) is 12.6 Å². The Morgan fingerprint density at radius 3 is 3.00 bits per heavy atom. The number of carbonyl (C=O) groups excluding carboxylic acids is 1. The minimum absolute atomic E-state index is 0.332. The number of rotatable bonds is 4. The molecule has 0 saturated carbocycles. The van der Waals surface area contributed by atoms with Crippen LogP contribution in [0, 0.1) is 4.64 Å². The van der Waals surface area contributed by atoms with Crippen molar-refractivity contribution in [1.82, 2.24) is 4.98 Å². The van der Waals surface area contributed by atoms with Crippen molar-refractivity contribution in [2.45, 2.75) is 6.04 Å². The van der Waals surface area contributed by atoms with Gasteiger partial charge < -0.3 is 16.0 Å². The highest BCUT2D eigenvalue weighted by atomic mass is 32.1. The van der Waals surface area contributed by atoms with Crippen LogP contribution in [0.3, 0.4) is 0 Å². The molecule has 4 N–H and O–H groups in total. The Morgan fingerprint density at radius 1 is 1.79 bits per heavy atom. The molecule has 1 aromatic heterocycles. The molecule has 0 bridgehead atoms. The number of hydrogen-bond acceptors (Lipinski definition) is 4. The normalized spacial score (nSPS) is 12.1. The number of aromatic amines is 1. The maximum atomic E-state index is 10.9. The minimum Gasteiger partial charge on any atom is -0.371 e. The highest BCUT2D eigenvalue weighted by Crippen LogP contribution is 2.08. The van der Waals surface area contributed by atoms with Crippen molar-refractivity contribution in [2.75, 3.05) is 11.1 Å². The zero-order valence-corrected chi connectivity index (χ0v) is 9.07. The quantitative estimate of drug-likeness (QED) is 0.459. The third-order valence-corrected chi connectivity index (χ3v) is 2.38. The summed E-state index contributed by atoms with van der Waals surface area (Å²) in [6.07, 6.45) is 1.72. The summed E-state index contributed by atoms with van der Waals surface area (Å²) in [5.41, 5.74) is 5.83. The molecule has 0 aliphatic rings. The molecule has 0 spiro atoms. The molecule has 14 heavy (non-hydrogen) atoms. The number of nitrogens with one attached hydrogen (secondary N) is 2. The molecular formula is C8H11N3OS2. The molecule has 76 valence electrons. The van der Waals surface area contributed by atoms with Crippen molar-refractivity contribution in [3.63, 3.8) is 0 Å². The van der Waals surface area contributed by atoms with Crippen LogP contribution in [0.25, 0.3) is 0 Å². The number of aromatic nitrogens is 1. The van der Waals surface area contributed by atoms with Crippen molar-refractivity contribution < 1.29 is 4.79 Å². The fourth-order valence-corrected chi connectivity index (χ4v) is 1.40. The molecule has 0 aromatic carbocycles. The smallest absolute Gasteiger partial charge is 0.240 e. The first-order valence-corrected chi connectivity index (χ1v) is 5.03. The molecule has 1 amide bonds. The Bertz CT molecular complexity index is 377. The van der Waals surface area contributed by atoms with Gasteiger partial charge in [0.15, 0.2) is 0 Å². The molecule has 1 atom stereocenters. The molecule has 1 aromatic rings. The van der Waals surface area contributed by atoms with Gasteiger partial charge in [0, 0.05) is 11.9 Å². The van der Waals surface area contributed by atoms with Gasteiger partial charge in [0.05, 0.1) is 5.69 Å². The van der Waals surface area contributed by atoms with E-state index in [-0.39, 0.29) is 0 Å². The summed E-state index contributed by atoms with van der Waals surface area (Å²) < 4.78 is 0.542. The van der Waals surface area contributed by atoms with Crippen LogP contribution in [0.2, 0.25) is 0 Å². The van der Waals surface area contributed by atoms with Gasteiger partial charge in [-0.1, -0.05) is 12.2 Å². The average Bonchev–Trinajstić information content (AvgIpc) is 2.16. The zero-order valence-electron chi connectivity index (χ0n) is 7.36. The lowest BCUT2D eigenvalue weighted by atomic mass is 10.3. The number of primary amides is 1. The molecule has 0 saturated heterocycles. The summed E-state index contributed by atoms with van der Waals surface area (Å²) in [4.78, 5) is 13.8. The number of carbonyl (C=O) groups is 1. The van der Waals surface area contributed by atoms with Crippen LogP contribution in [0.5, 0.6) is 0 Å². The van der Waals surface area contributed by atoms with E-state index in [1.165, 1.54) is 0 Å². The van der Waals surface area contributed by atoms with E-state index >= 15 is 0 Å². The molecule has 0 aliphatic heterocycles. The van der Waals surface area contributed by atoms with Crippen LogP contribution in [-0.2, 0) is 4.79 Å². The Kier molecular flexibility index (Phi) is 3.97. The molecule has 0 aliphatic carbocycles. The Hall–Kier alpha value is -1.01. The van der Waals surface area contributed by atoms with E-state index in [4.69, 9.17) is 18.0 Å². The molecule has 0 unspecified atom stereocenters. The fourth-order valence-electron chi connectivity index (χ4n) is 0.930. The monoisotopic (exact) mass is 229 g/mol. The number of H-pyrrole nitrogens is 1. The topological polar surface area (TPSA) is 70.9 Å². The van der Waals surface area contributed by atoms with E-state index in [9.17, 15) is 4.79 Å². The lowest BCUT2D eigenvalue weighted by molar-refractivity contribution is -0.118. The Morgan fingerprint density at radius 2 is 2.50 bits per heavy atom. The third kappa shape index (κ3) is 2.74. The summed E-state index contributed by atoms with van der Waals surface area (Å²) in [5.74, 6) is -0.114. The van der Waals surface area contributed by atoms with Crippen molar-refractivity contribution in [2.24, 2.45) is 5.73 Å². The second-order valence-corrected chi connectivity index (χ2v) is 3.47. The number of pyridine rings is 1. The first kappa shape index (κ1) is 11.1. The first-order valence-electron chi connectivity index (χ1n) is 3.99. The Balaban J connectivity index is 2.82. The van der Waals surface area contributed by atoms with E-state index in [0.29, 0.717) is 16.1 Å².